The van der Waals surface area contributed by atoms with Gasteiger partial charge in [0.25, 0.3) is 0 Å². The molecule has 0 amide bonds. The first-order valence-electron chi connectivity index (χ1n) is 5.35. The minimum Gasteiger partial charge on any atom is -0.303 e. The van der Waals surface area contributed by atoms with Crippen molar-refractivity contribution in [2.24, 2.45) is 0 Å². The quantitative estimate of drug-likeness (QED) is 0.488. The van der Waals surface area contributed by atoms with E-state index in [1.165, 1.54) is 0 Å². The Kier molecular flexibility index (Phi) is 8.68. The number of hydrogen-bond acceptors (Lipinski definition) is 2. The van der Waals surface area contributed by atoms with E-state index >= 15 is 0 Å². The molecule has 0 N–H and O–H groups in total. The molecule has 0 aromatic heterocycles. The molecule has 0 heterocycles. The van der Waals surface area contributed by atoms with Gasteiger partial charge in [-0.3, -0.25) is 4.29 Å². The molecule has 1 unspecified atom stereocenters. The fourth-order valence-electron chi connectivity index (χ4n) is 1.40. The van der Waals surface area contributed by atoms with Crippen LogP contribution in [-0.2, 0) is 31.8 Å². The zero-order valence-electron chi connectivity index (χ0n) is 10.0. The maximum Gasteiger partial charge on any atom is 2.00 e. The fourth-order valence-corrected chi connectivity index (χ4v) is 1.55. The van der Waals surface area contributed by atoms with Crippen LogP contribution in [0.25, 0.3) is 0 Å². The topological polar surface area (TPSA) is 26.3 Å². The van der Waals surface area contributed by atoms with Gasteiger partial charge in [-0.2, -0.15) is 30.3 Å². The summed E-state index contributed by atoms with van der Waals surface area (Å²) in [6, 6.07) is 17.5. The van der Waals surface area contributed by atoms with Crippen LogP contribution < -0.4 is 0 Å². The third-order valence-electron chi connectivity index (χ3n) is 2.47. The molecule has 0 spiro atoms. The second kappa shape index (κ2) is 9.12. The van der Waals surface area contributed by atoms with Crippen LogP contribution in [0.5, 0.6) is 0 Å². The van der Waals surface area contributed by atoms with Gasteiger partial charge in [0.1, 0.15) is 6.29 Å². The number of aldehydes is 1. The molecule has 0 bridgehead atoms. The number of hydrogen-bond donors (Lipinski definition) is 0. The Balaban J connectivity index is 0.000000405. The van der Waals surface area contributed by atoms with E-state index in [-0.39, 0.29) is 23.5 Å². The number of carbonyl (C=O) groups is 1. The summed E-state index contributed by atoms with van der Waals surface area (Å²) < 4.78 is 4.76. The minimum absolute atomic E-state index is 0. The monoisotopic (exact) mass is 306 g/mol. The Morgan fingerprint density at radius 1 is 1.28 bits per heavy atom. The van der Waals surface area contributed by atoms with E-state index in [9.17, 15) is 4.79 Å². The summed E-state index contributed by atoms with van der Waals surface area (Å²) in [6.45, 7) is 1.78. The Hall–Kier alpha value is -0.861. The van der Waals surface area contributed by atoms with Crippen molar-refractivity contribution in [3.63, 3.8) is 0 Å². The summed E-state index contributed by atoms with van der Waals surface area (Å²) >= 11 is 5.32. The van der Waals surface area contributed by atoms with Crippen molar-refractivity contribution >= 4 is 18.2 Å². The molecule has 1 atom stereocenters. The molecule has 2 aromatic rings. The molecule has 2 rings (SSSR count). The van der Waals surface area contributed by atoms with Gasteiger partial charge in [0.05, 0.1) is 17.5 Å². The van der Waals surface area contributed by atoms with Crippen molar-refractivity contribution in [3.05, 3.63) is 60.2 Å². The summed E-state index contributed by atoms with van der Waals surface area (Å²) in [5.41, 5.74) is 0.233. The molecule has 0 aliphatic rings. The van der Waals surface area contributed by atoms with E-state index in [2.05, 4.69) is 0 Å². The summed E-state index contributed by atoms with van der Waals surface area (Å²) in [5.74, 6) is 0. The molecule has 4 heteroatoms. The van der Waals surface area contributed by atoms with E-state index in [0.717, 1.165) is 11.8 Å². The first-order valence-corrected chi connectivity index (χ1v) is 5.66. The standard InChI is InChI=1S/C9H10ClO2.C5H5.Fe/c1-9(12-10,6-7-11)8-4-2-3-5-8;1-2-4-5-3-1;/h2-5,7H,6H2,1H3;1-5H;/q2*-1;+2. The van der Waals surface area contributed by atoms with Gasteiger partial charge in [-0.1, -0.05) is 0 Å². The SMILES string of the molecule is CC(CC=O)(OCl)[c-]1cccc1.[Fe+2].c1cc[cH-]c1. The molecule has 2 aromatic carbocycles. The van der Waals surface area contributed by atoms with E-state index in [4.69, 9.17) is 16.2 Å². The molecule has 0 radical (unpaired) electrons. The Morgan fingerprint density at radius 2 is 1.83 bits per heavy atom. The molecule has 98 valence electrons. The zero-order valence-corrected chi connectivity index (χ0v) is 11.9. The number of rotatable bonds is 4. The first-order chi connectivity index (χ1) is 8.23. The second-order valence-electron chi connectivity index (χ2n) is 3.81. The van der Waals surface area contributed by atoms with Crippen LogP contribution in [0.2, 0.25) is 0 Å². The van der Waals surface area contributed by atoms with Crippen LogP contribution in [0.4, 0.5) is 0 Å². The van der Waals surface area contributed by atoms with Crippen molar-refractivity contribution in [2.45, 2.75) is 18.9 Å². The van der Waals surface area contributed by atoms with Crippen molar-refractivity contribution in [3.8, 4) is 0 Å². The molecule has 0 fully saturated rings. The van der Waals surface area contributed by atoms with Crippen molar-refractivity contribution < 1.29 is 26.2 Å². The zero-order chi connectivity index (χ0) is 12.6. The third-order valence-corrected chi connectivity index (χ3v) is 2.81. The van der Waals surface area contributed by atoms with Crippen LogP contribution in [-0.4, -0.2) is 6.29 Å². The minimum atomic E-state index is -0.688. The van der Waals surface area contributed by atoms with E-state index in [1.54, 1.807) is 6.92 Å². The fraction of sp³-hybridized carbons (Fsp3) is 0.214. The molecule has 0 saturated carbocycles. The van der Waals surface area contributed by atoms with Gasteiger partial charge < -0.3 is 4.79 Å². The van der Waals surface area contributed by atoms with Crippen LogP contribution in [0, 0.1) is 0 Å². The van der Waals surface area contributed by atoms with Gasteiger partial charge >= 0.3 is 17.1 Å². The maximum atomic E-state index is 10.3. The van der Waals surface area contributed by atoms with Crippen LogP contribution >= 0.6 is 11.9 Å². The van der Waals surface area contributed by atoms with Gasteiger partial charge in [-0.15, -0.1) is 5.56 Å². The summed E-state index contributed by atoms with van der Waals surface area (Å²) in [4.78, 5) is 10.3. The van der Waals surface area contributed by atoms with Gasteiger partial charge in [-0.25, -0.2) is 24.3 Å². The molecular weight excluding hydrogens is 291 g/mol. The summed E-state index contributed by atoms with van der Waals surface area (Å²) in [6.07, 6.45) is 1.07. The molecule has 0 aliphatic heterocycles. The van der Waals surface area contributed by atoms with Crippen molar-refractivity contribution in [1.82, 2.24) is 0 Å². The molecule has 2 nitrogen and oxygen atoms in total. The molecular formula is C14H15ClFeO2. The Bertz CT molecular complexity index is 380. The normalized spacial score (nSPS) is 12.6. The Morgan fingerprint density at radius 3 is 2.17 bits per heavy atom. The van der Waals surface area contributed by atoms with Gasteiger partial charge in [0.2, 0.25) is 0 Å². The van der Waals surface area contributed by atoms with Crippen LogP contribution in [0.1, 0.15) is 18.9 Å². The average molecular weight is 307 g/mol. The van der Waals surface area contributed by atoms with Crippen molar-refractivity contribution in [2.75, 3.05) is 0 Å². The average Bonchev–Trinajstić information content (AvgIpc) is 3.04. The van der Waals surface area contributed by atoms with E-state index < -0.39 is 5.60 Å². The van der Waals surface area contributed by atoms with Crippen LogP contribution in [0.15, 0.2) is 54.6 Å². The second-order valence-corrected chi connectivity index (χ2v) is 3.97. The summed E-state index contributed by atoms with van der Waals surface area (Å²) in [7, 11) is 0. The predicted octanol–water partition coefficient (Wildman–Crippen LogP) is 3.78. The Labute approximate surface area is 123 Å². The van der Waals surface area contributed by atoms with Crippen LogP contribution in [0.3, 0.4) is 0 Å². The van der Waals surface area contributed by atoms with E-state index in [1.807, 2.05) is 54.6 Å². The molecule has 0 saturated heterocycles. The largest absolute Gasteiger partial charge is 2.00 e. The van der Waals surface area contributed by atoms with Gasteiger partial charge in [-0.05, 0) is 6.92 Å². The third kappa shape index (κ3) is 5.19. The smallest absolute Gasteiger partial charge is 0.303 e. The predicted molar refractivity (Wildman–Crippen MR) is 69.0 cm³/mol. The van der Waals surface area contributed by atoms with E-state index in [0.29, 0.717) is 0 Å². The van der Waals surface area contributed by atoms with Gasteiger partial charge in [0.15, 0.2) is 0 Å². The van der Waals surface area contributed by atoms with Crippen molar-refractivity contribution in [1.29, 1.82) is 0 Å². The first kappa shape index (κ1) is 17.1. The molecule has 0 aliphatic carbocycles. The number of carbonyl (C=O) groups excluding carboxylic acids is 1. The number of halogens is 1. The maximum absolute atomic E-state index is 10.3. The van der Waals surface area contributed by atoms with Gasteiger partial charge in [0, 0.05) is 6.42 Å². The molecule has 18 heavy (non-hydrogen) atoms. The summed E-state index contributed by atoms with van der Waals surface area (Å²) in [5, 5.41) is 0.